The summed E-state index contributed by atoms with van der Waals surface area (Å²) in [6.45, 7) is 3.62. The summed E-state index contributed by atoms with van der Waals surface area (Å²) in [5, 5.41) is 3.01. The maximum atomic E-state index is 4.05. The van der Waals surface area contributed by atoms with Crippen LogP contribution in [0.3, 0.4) is 0 Å². The van der Waals surface area contributed by atoms with Gasteiger partial charge in [-0.25, -0.2) is 0 Å². The third kappa shape index (κ3) is 1.35. The SMILES string of the molecule is C=Cc1cc(NC)ccn1. The molecule has 0 radical (unpaired) electrons. The van der Waals surface area contributed by atoms with Crippen molar-refractivity contribution >= 4 is 11.8 Å². The van der Waals surface area contributed by atoms with Crippen LogP contribution in [0.15, 0.2) is 24.9 Å². The Morgan fingerprint density at radius 2 is 2.50 bits per heavy atom. The highest BCUT2D eigenvalue weighted by atomic mass is 14.8. The van der Waals surface area contributed by atoms with E-state index < -0.39 is 0 Å². The van der Waals surface area contributed by atoms with E-state index >= 15 is 0 Å². The second kappa shape index (κ2) is 3.01. The molecule has 10 heavy (non-hydrogen) atoms. The van der Waals surface area contributed by atoms with Gasteiger partial charge in [0.25, 0.3) is 0 Å². The van der Waals surface area contributed by atoms with Crippen LogP contribution in [-0.2, 0) is 0 Å². The summed E-state index contributed by atoms with van der Waals surface area (Å²) in [7, 11) is 1.88. The summed E-state index contributed by atoms with van der Waals surface area (Å²) in [6, 6.07) is 3.85. The number of pyridine rings is 1. The summed E-state index contributed by atoms with van der Waals surface area (Å²) in [5.41, 5.74) is 1.96. The summed E-state index contributed by atoms with van der Waals surface area (Å²) in [5.74, 6) is 0. The van der Waals surface area contributed by atoms with E-state index in [0.717, 1.165) is 11.4 Å². The van der Waals surface area contributed by atoms with Gasteiger partial charge in [-0.05, 0) is 18.2 Å². The first-order chi connectivity index (χ1) is 4.86. The van der Waals surface area contributed by atoms with Gasteiger partial charge in [0.05, 0.1) is 5.69 Å². The molecule has 52 valence electrons. The van der Waals surface area contributed by atoms with Gasteiger partial charge in [-0.15, -0.1) is 0 Å². The van der Waals surface area contributed by atoms with Crippen LogP contribution in [0.1, 0.15) is 5.69 Å². The molecule has 0 aliphatic heterocycles. The number of nitrogens with zero attached hydrogens (tertiary/aromatic N) is 1. The molecule has 0 saturated carbocycles. The molecule has 0 aliphatic carbocycles. The topological polar surface area (TPSA) is 24.9 Å². The summed E-state index contributed by atoms with van der Waals surface area (Å²) in [6.07, 6.45) is 3.48. The minimum absolute atomic E-state index is 0.895. The van der Waals surface area contributed by atoms with Gasteiger partial charge in [0.2, 0.25) is 0 Å². The van der Waals surface area contributed by atoms with Crippen LogP contribution >= 0.6 is 0 Å². The quantitative estimate of drug-likeness (QED) is 0.666. The lowest BCUT2D eigenvalue weighted by atomic mass is 10.3. The molecule has 1 N–H and O–H groups in total. The molecule has 0 aliphatic rings. The predicted octanol–water partition coefficient (Wildman–Crippen LogP) is 1.77. The molecular formula is C8H10N2. The lowest BCUT2D eigenvalue weighted by molar-refractivity contribution is 1.29. The minimum atomic E-state index is 0.895. The highest BCUT2D eigenvalue weighted by molar-refractivity contribution is 5.51. The van der Waals surface area contributed by atoms with Crippen molar-refractivity contribution in [3.05, 3.63) is 30.6 Å². The summed E-state index contributed by atoms with van der Waals surface area (Å²) in [4.78, 5) is 4.05. The predicted molar refractivity (Wildman–Crippen MR) is 43.9 cm³/mol. The number of nitrogens with one attached hydrogen (secondary N) is 1. The standard InChI is InChI=1S/C8H10N2/c1-3-7-6-8(9-2)4-5-10-7/h3-6H,1H2,2H3,(H,9,10). The molecule has 0 unspecified atom stereocenters. The summed E-state index contributed by atoms with van der Waals surface area (Å²) >= 11 is 0. The Kier molecular flexibility index (Phi) is 2.05. The van der Waals surface area contributed by atoms with Crippen LogP contribution in [0.2, 0.25) is 0 Å². The average Bonchev–Trinajstić information content (AvgIpc) is 2.05. The second-order valence-electron chi connectivity index (χ2n) is 1.92. The fraction of sp³-hybridized carbons (Fsp3) is 0.125. The highest BCUT2D eigenvalue weighted by Gasteiger charge is 1.88. The Morgan fingerprint density at radius 1 is 1.70 bits per heavy atom. The van der Waals surface area contributed by atoms with Crippen molar-refractivity contribution in [2.75, 3.05) is 12.4 Å². The second-order valence-corrected chi connectivity index (χ2v) is 1.92. The minimum Gasteiger partial charge on any atom is -0.388 e. The molecule has 1 aromatic rings. The van der Waals surface area contributed by atoms with Crippen molar-refractivity contribution in [1.29, 1.82) is 0 Å². The first-order valence-electron chi connectivity index (χ1n) is 3.13. The maximum Gasteiger partial charge on any atom is 0.0644 e. The van der Waals surface area contributed by atoms with Crippen LogP contribution in [-0.4, -0.2) is 12.0 Å². The van der Waals surface area contributed by atoms with Crippen molar-refractivity contribution in [2.45, 2.75) is 0 Å². The van der Waals surface area contributed by atoms with Gasteiger partial charge in [0.15, 0.2) is 0 Å². The maximum absolute atomic E-state index is 4.05. The van der Waals surface area contributed by atoms with Crippen LogP contribution in [0.5, 0.6) is 0 Å². The van der Waals surface area contributed by atoms with Crippen molar-refractivity contribution < 1.29 is 0 Å². The van der Waals surface area contributed by atoms with Crippen LogP contribution in [0.4, 0.5) is 5.69 Å². The number of aromatic nitrogens is 1. The van der Waals surface area contributed by atoms with Crippen molar-refractivity contribution in [3.8, 4) is 0 Å². The molecule has 0 bridgehead atoms. The Bertz CT molecular complexity index is 230. The first-order valence-corrected chi connectivity index (χ1v) is 3.13. The molecule has 0 spiro atoms. The third-order valence-corrected chi connectivity index (χ3v) is 1.28. The van der Waals surface area contributed by atoms with Gasteiger partial charge >= 0.3 is 0 Å². The molecule has 2 nitrogen and oxygen atoms in total. The fourth-order valence-electron chi connectivity index (χ4n) is 0.715. The van der Waals surface area contributed by atoms with Crippen LogP contribution in [0.25, 0.3) is 6.08 Å². The van der Waals surface area contributed by atoms with Crippen LogP contribution < -0.4 is 5.32 Å². The molecule has 1 aromatic heterocycles. The number of rotatable bonds is 2. The van der Waals surface area contributed by atoms with Gasteiger partial charge in [-0.2, -0.15) is 0 Å². The van der Waals surface area contributed by atoms with Crippen LogP contribution in [0, 0.1) is 0 Å². The molecule has 0 fully saturated rings. The van der Waals surface area contributed by atoms with E-state index in [1.54, 1.807) is 12.3 Å². The van der Waals surface area contributed by atoms with Gasteiger partial charge in [0, 0.05) is 18.9 Å². The Labute approximate surface area is 60.6 Å². The number of hydrogen-bond acceptors (Lipinski definition) is 2. The van der Waals surface area contributed by atoms with Gasteiger partial charge in [-0.1, -0.05) is 6.58 Å². The molecule has 1 heterocycles. The zero-order valence-electron chi connectivity index (χ0n) is 5.96. The van der Waals surface area contributed by atoms with Gasteiger partial charge < -0.3 is 5.32 Å². The number of hydrogen-bond donors (Lipinski definition) is 1. The van der Waals surface area contributed by atoms with E-state index in [0.29, 0.717) is 0 Å². The van der Waals surface area contributed by atoms with E-state index in [-0.39, 0.29) is 0 Å². The van der Waals surface area contributed by atoms with Gasteiger partial charge in [-0.3, -0.25) is 4.98 Å². The van der Waals surface area contributed by atoms with Crippen molar-refractivity contribution in [1.82, 2.24) is 4.98 Å². The molecule has 0 aromatic carbocycles. The Morgan fingerprint density at radius 3 is 3.10 bits per heavy atom. The molecule has 0 amide bonds. The van der Waals surface area contributed by atoms with E-state index in [2.05, 4.69) is 16.9 Å². The highest BCUT2D eigenvalue weighted by Crippen LogP contribution is 2.06. The lowest BCUT2D eigenvalue weighted by Crippen LogP contribution is -1.88. The largest absolute Gasteiger partial charge is 0.388 e. The van der Waals surface area contributed by atoms with Gasteiger partial charge in [0.1, 0.15) is 0 Å². The zero-order chi connectivity index (χ0) is 7.40. The molecule has 0 saturated heterocycles. The molecule has 2 heteroatoms. The zero-order valence-corrected chi connectivity index (χ0v) is 5.96. The monoisotopic (exact) mass is 134 g/mol. The normalized spacial score (nSPS) is 8.90. The number of anilines is 1. The van der Waals surface area contributed by atoms with E-state index in [1.807, 2.05) is 19.2 Å². The molecular weight excluding hydrogens is 124 g/mol. The Balaban J connectivity index is 2.98. The van der Waals surface area contributed by atoms with E-state index in [9.17, 15) is 0 Å². The van der Waals surface area contributed by atoms with E-state index in [4.69, 9.17) is 0 Å². The average molecular weight is 134 g/mol. The Hall–Kier alpha value is -1.31. The summed E-state index contributed by atoms with van der Waals surface area (Å²) < 4.78 is 0. The third-order valence-electron chi connectivity index (χ3n) is 1.28. The lowest BCUT2D eigenvalue weighted by Gasteiger charge is -1.98. The molecule has 0 atom stereocenters. The van der Waals surface area contributed by atoms with E-state index in [1.165, 1.54) is 0 Å². The van der Waals surface area contributed by atoms with Crippen molar-refractivity contribution in [2.24, 2.45) is 0 Å². The first kappa shape index (κ1) is 6.81. The smallest absolute Gasteiger partial charge is 0.0644 e. The molecule has 1 rings (SSSR count). The fourth-order valence-corrected chi connectivity index (χ4v) is 0.715. The van der Waals surface area contributed by atoms with Crippen molar-refractivity contribution in [3.63, 3.8) is 0 Å².